The summed E-state index contributed by atoms with van der Waals surface area (Å²) >= 11 is 1.54. The van der Waals surface area contributed by atoms with Crippen molar-refractivity contribution in [3.05, 3.63) is 57.0 Å². The van der Waals surface area contributed by atoms with Crippen molar-refractivity contribution in [1.29, 1.82) is 0 Å². The molecule has 31 heavy (non-hydrogen) atoms. The predicted octanol–water partition coefficient (Wildman–Crippen LogP) is 3.07. The number of nitrogens with zero attached hydrogens (tertiary/aromatic N) is 3. The van der Waals surface area contributed by atoms with E-state index >= 15 is 0 Å². The first kappa shape index (κ1) is 23.5. The van der Waals surface area contributed by atoms with Crippen LogP contribution >= 0.6 is 11.8 Å². The highest BCUT2D eigenvalue weighted by Gasteiger charge is 2.14. The normalized spacial score (nSPS) is 14.2. The van der Waals surface area contributed by atoms with Gasteiger partial charge in [0, 0.05) is 50.0 Å². The molecule has 168 valence electrons. The van der Waals surface area contributed by atoms with Crippen molar-refractivity contribution in [2.75, 3.05) is 31.9 Å². The standard InChI is InChI=1S/C24H34N4O2S/c1-18-8-10-20(11-9-18)17-21-19(2)26-24(27(3)23(21)30)31-16-6-7-22(29)25-12-15-28-13-4-5-14-28/h8-11H,4-7,12-17H2,1-3H3,(H,25,29). The number of thioether (sulfide) groups is 1. The lowest BCUT2D eigenvalue weighted by Gasteiger charge is -2.14. The molecule has 2 aromatic rings. The summed E-state index contributed by atoms with van der Waals surface area (Å²) in [6, 6.07) is 8.25. The Morgan fingerprint density at radius 3 is 2.58 bits per heavy atom. The van der Waals surface area contributed by atoms with Crippen LogP contribution in [0.5, 0.6) is 0 Å². The number of hydrogen-bond donors (Lipinski definition) is 1. The molecule has 0 atom stereocenters. The van der Waals surface area contributed by atoms with E-state index in [1.54, 1.807) is 23.4 Å². The average molecular weight is 443 g/mol. The highest BCUT2D eigenvalue weighted by molar-refractivity contribution is 7.99. The molecule has 0 spiro atoms. The number of nitrogens with one attached hydrogen (secondary N) is 1. The molecule has 1 aromatic carbocycles. The highest BCUT2D eigenvalue weighted by Crippen LogP contribution is 2.18. The molecule has 0 bridgehead atoms. The molecule has 0 unspecified atom stereocenters. The van der Waals surface area contributed by atoms with Crippen LogP contribution < -0.4 is 10.9 Å². The van der Waals surface area contributed by atoms with Gasteiger partial charge < -0.3 is 10.2 Å². The van der Waals surface area contributed by atoms with Gasteiger partial charge in [-0.05, 0) is 51.8 Å². The van der Waals surface area contributed by atoms with Gasteiger partial charge in [0.2, 0.25) is 5.91 Å². The Hall–Kier alpha value is -2.12. The zero-order valence-corrected chi connectivity index (χ0v) is 19.8. The third-order valence-corrected chi connectivity index (χ3v) is 6.90. The van der Waals surface area contributed by atoms with Gasteiger partial charge in [0.15, 0.2) is 5.16 Å². The van der Waals surface area contributed by atoms with E-state index in [1.165, 1.54) is 18.4 Å². The van der Waals surface area contributed by atoms with Crippen LogP contribution in [0, 0.1) is 13.8 Å². The molecule has 3 rings (SSSR count). The number of rotatable bonds is 10. The van der Waals surface area contributed by atoms with E-state index in [0.717, 1.165) is 55.2 Å². The van der Waals surface area contributed by atoms with Crippen molar-refractivity contribution in [1.82, 2.24) is 19.8 Å². The largest absolute Gasteiger partial charge is 0.355 e. The van der Waals surface area contributed by atoms with Gasteiger partial charge in [0.1, 0.15) is 0 Å². The lowest BCUT2D eigenvalue weighted by atomic mass is 10.0. The topological polar surface area (TPSA) is 67.2 Å². The fraction of sp³-hybridized carbons (Fsp3) is 0.542. The van der Waals surface area contributed by atoms with Crippen molar-refractivity contribution in [2.24, 2.45) is 7.05 Å². The molecule has 0 aliphatic carbocycles. The smallest absolute Gasteiger partial charge is 0.257 e. The first-order chi connectivity index (χ1) is 14.9. The molecule has 0 saturated carbocycles. The summed E-state index contributed by atoms with van der Waals surface area (Å²) in [5.74, 6) is 0.864. The third-order valence-electron chi connectivity index (χ3n) is 5.78. The summed E-state index contributed by atoms with van der Waals surface area (Å²) < 4.78 is 1.64. The molecule has 1 fully saturated rings. The molecular formula is C24H34N4O2S. The maximum Gasteiger partial charge on any atom is 0.257 e. The molecule has 1 aromatic heterocycles. The third kappa shape index (κ3) is 6.94. The first-order valence-electron chi connectivity index (χ1n) is 11.2. The second kappa shape index (κ2) is 11.5. The van der Waals surface area contributed by atoms with E-state index in [2.05, 4.69) is 46.4 Å². The van der Waals surface area contributed by atoms with Gasteiger partial charge in [-0.1, -0.05) is 41.6 Å². The number of benzene rings is 1. The number of likely N-dealkylation sites (tertiary alicyclic amines) is 1. The Bertz CT molecular complexity index is 934. The molecule has 1 N–H and O–H groups in total. The maximum absolute atomic E-state index is 12.9. The molecule has 7 heteroatoms. The molecular weight excluding hydrogens is 408 g/mol. The number of aromatic nitrogens is 2. The fourth-order valence-corrected chi connectivity index (χ4v) is 4.77. The minimum Gasteiger partial charge on any atom is -0.355 e. The van der Waals surface area contributed by atoms with Gasteiger partial charge in [-0.25, -0.2) is 4.98 Å². The molecule has 0 radical (unpaired) electrons. The number of aryl methyl sites for hydroxylation is 2. The molecule has 1 aliphatic heterocycles. The molecule has 1 aliphatic rings. The first-order valence-corrected chi connectivity index (χ1v) is 12.2. The van der Waals surface area contributed by atoms with Crippen LogP contribution in [0.2, 0.25) is 0 Å². The summed E-state index contributed by atoms with van der Waals surface area (Å²) in [5.41, 5.74) is 3.86. The SMILES string of the molecule is Cc1ccc(Cc2c(C)nc(SCCCC(=O)NCCN3CCCC3)n(C)c2=O)cc1. The minimum absolute atomic E-state index is 0.00947. The molecule has 2 heterocycles. The van der Waals surface area contributed by atoms with Crippen molar-refractivity contribution in [3.63, 3.8) is 0 Å². The Labute approximate surface area is 189 Å². The van der Waals surface area contributed by atoms with Crippen LogP contribution in [-0.4, -0.2) is 52.3 Å². The van der Waals surface area contributed by atoms with Gasteiger partial charge in [0.05, 0.1) is 0 Å². The molecule has 1 saturated heterocycles. The van der Waals surface area contributed by atoms with E-state index in [-0.39, 0.29) is 11.5 Å². The summed E-state index contributed by atoms with van der Waals surface area (Å²) in [7, 11) is 1.78. The van der Waals surface area contributed by atoms with Crippen LogP contribution in [0.4, 0.5) is 0 Å². The fourth-order valence-electron chi connectivity index (χ4n) is 3.82. The number of amides is 1. The van der Waals surface area contributed by atoms with Crippen molar-refractivity contribution in [3.8, 4) is 0 Å². The summed E-state index contributed by atoms with van der Waals surface area (Å²) in [6.07, 6.45) is 4.41. The monoisotopic (exact) mass is 442 g/mol. The van der Waals surface area contributed by atoms with Gasteiger partial charge >= 0.3 is 0 Å². The van der Waals surface area contributed by atoms with Gasteiger partial charge in [-0.15, -0.1) is 0 Å². The van der Waals surface area contributed by atoms with E-state index < -0.39 is 0 Å². The van der Waals surface area contributed by atoms with E-state index in [1.807, 2.05) is 6.92 Å². The van der Waals surface area contributed by atoms with Crippen molar-refractivity contribution < 1.29 is 4.79 Å². The Morgan fingerprint density at radius 1 is 1.16 bits per heavy atom. The summed E-state index contributed by atoms with van der Waals surface area (Å²) in [5, 5.41) is 3.72. The summed E-state index contributed by atoms with van der Waals surface area (Å²) in [4.78, 5) is 32.0. The quantitative estimate of drug-likeness (QED) is 0.348. The van der Waals surface area contributed by atoms with Crippen LogP contribution in [0.15, 0.2) is 34.2 Å². The Kier molecular flexibility index (Phi) is 8.72. The molecule has 1 amide bonds. The second-order valence-electron chi connectivity index (χ2n) is 8.34. The lowest BCUT2D eigenvalue weighted by molar-refractivity contribution is -0.121. The Balaban J connectivity index is 1.46. The van der Waals surface area contributed by atoms with E-state index in [9.17, 15) is 9.59 Å². The number of carbonyl (C=O) groups excluding carboxylic acids is 1. The zero-order valence-electron chi connectivity index (χ0n) is 18.9. The predicted molar refractivity (Wildman–Crippen MR) is 127 cm³/mol. The van der Waals surface area contributed by atoms with Gasteiger partial charge in [-0.3, -0.25) is 14.2 Å². The second-order valence-corrected chi connectivity index (χ2v) is 9.40. The van der Waals surface area contributed by atoms with Crippen LogP contribution in [0.3, 0.4) is 0 Å². The molecule has 6 nitrogen and oxygen atoms in total. The average Bonchev–Trinajstić information content (AvgIpc) is 3.27. The maximum atomic E-state index is 12.9. The van der Waals surface area contributed by atoms with Gasteiger partial charge in [-0.2, -0.15) is 0 Å². The summed E-state index contributed by atoms with van der Waals surface area (Å²) in [6.45, 7) is 7.94. The van der Waals surface area contributed by atoms with Crippen LogP contribution in [0.25, 0.3) is 0 Å². The highest BCUT2D eigenvalue weighted by atomic mass is 32.2. The van der Waals surface area contributed by atoms with Crippen LogP contribution in [-0.2, 0) is 18.3 Å². The Morgan fingerprint density at radius 2 is 1.87 bits per heavy atom. The zero-order chi connectivity index (χ0) is 22.2. The van der Waals surface area contributed by atoms with Gasteiger partial charge in [0.25, 0.3) is 5.56 Å². The van der Waals surface area contributed by atoms with Crippen LogP contribution in [0.1, 0.15) is 48.1 Å². The van der Waals surface area contributed by atoms with Crippen molar-refractivity contribution >= 4 is 17.7 Å². The van der Waals surface area contributed by atoms with E-state index in [0.29, 0.717) is 18.0 Å². The van der Waals surface area contributed by atoms with Crippen molar-refractivity contribution in [2.45, 2.75) is 51.1 Å². The minimum atomic E-state index is 0.00947. The van der Waals surface area contributed by atoms with E-state index in [4.69, 9.17) is 0 Å². The number of hydrogen-bond acceptors (Lipinski definition) is 5. The number of carbonyl (C=O) groups is 1. The lowest BCUT2D eigenvalue weighted by Crippen LogP contribution is -2.33.